The van der Waals surface area contributed by atoms with Crippen LogP contribution in [0.2, 0.25) is 0 Å². The first kappa shape index (κ1) is 19.4. The van der Waals surface area contributed by atoms with Crippen LogP contribution in [-0.2, 0) is 11.4 Å². The van der Waals surface area contributed by atoms with Crippen LogP contribution in [0.3, 0.4) is 0 Å². The van der Waals surface area contributed by atoms with Gasteiger partial charge in [-0.05, 0) is 47.9 Å². The second-order valence-corrected chi connectivity index (χ2v) is 7.04. The normalized spacial score (nSPS) is 11.8. The Labute approximate surface area is 175 Å². The van der Waals surface area contributed by atoms with Crippen molar-refractivity contribution >= 4 is 28.0 Å². The third-order valence-corrected chi connectivity index (χ3v) is 5.01. The van der Waals surface area contributed by atoms with Gasteiger partial charge in [-0.25, -0.2) is 4.98 Å². The van der Waals surface area contributed by atoms with Crippen molar-refractivity contribution in [1.82, 2.24) is 4.98 Å². The van der Waals surface area contributed by atoms with Gasteiger partial charge in [0, 0.05) is 11.0 Å². The Bertz CT molecular complexity index is 1210. The van der Waals surface area contributed by atoms with E-state index in [0.717, 1.165) is 33.3 Å². The van der Waals surface area contributed by atoms with E-state index in [-0.39, 0.29) is 0 Å². The standard InChI is InChI=1S/C26H22N2O2/c1-18(19-7-3-2-4-8-19)25(26(27)29)21-12-15-23(16-13-21)30-17-22-14-11-20-9-5-6-10-24(20)28-22/h2-16H,17H2,1H3,(H2,27,29). The van der Waals surface area contributed by atoms with Gasteiger partial charge in [0.15, 0.2) is 0 Å². The zero-order valence-electron chi connectivity index (χ0n) is 16.7. The molecule has 0 aliphatic rings. The lowest BCUT2D eigenvalue weighted by Gasteiger charge is -2.12. The van der Waals surface area contributed by atoms with Crippen LogP contribution in [0.5, 0.6) is 5.75 Å². The molecule has 0 unspecified atom stereocenters. The first-order valence-electron chi connectivity index (χ1n) is 9.76. The second kappa shape index (κ2) is 8.62. The molecule has 30 heavy (non-hydrogen) atoms. The summed E-state index contributed by atoms with van der Waals surface area (Å²) in [5.74, 6) is 0.250. The van der Waals surface area contributed by atoms with E-state index in [0.29, 0.717) is 17.9 Å². The van der Waals surface area contributed by atoms with Crippen molar-refractivity contribution in [3.05, 3.63) is 108 Å². The van der Waals surface area contributed by atoms with E-state index in [4.69, 9.17) is 10.5 Å². The van der Waals surface area contributed by atoms with Gasteiger partial charge in [0.2, 0.25) is 5.91 Å². The van der Waals surface area contributed by atoms with Crippen molar-refractivity contribution in [3.8, 4) is 5.75 Å². The van der Waals surface area contributed by atoms with Gasteiger partial charge in [-0.1, -0.05) is 66.7 Å². The molecule has 0 saturated carbocycles. The summed E-state index contributed by atoms with van der Waals surface area (Å²) in [5, 5.41) is 1.10. The van der Waals surface area contributed by atoms with Crippen LogP contribution in [0.15, 0.2) is 91.0 Å². The zero-order valence-corrected chi connectivity index (χ0v) is 16.7. The molecule has 148 valence electrons. The number of rotatable bonds is 6. The predicted molar refractivity (Wildman–Crippen MR) is 121 cm³/mol. The van der Waals surface area contributed by atoms with Crippen LogP contribution >= 0.6 is 0 Å². The molecule has 0 bridgehead atoms. The van der Waals surface area contributed by atoms with Crippen LogP contribution in [0.25, 0.3) is 22.0 Å². The van der Waals surface area contributed by atoms with E-state index in [1.165, 1.54) is 0 Å². The lowest BCUT2D eigenvalue weighted by atomic mass is 9.95. The Hall–Kier alpha value is -3.92. The van der Waals surface area contributed by atoms with Gasteiger partial charge in [0.25, 0.3) is 0 Å². The fourth-order valence-corrected chi connectivity index (χ4v) is 3.44. The molecule has 0 spiro atoms. The maximum Gasteiger partial charge on any atom is 0.249 e. The molecule has 0 aliphatic carbocycles. The highest BCUT2D eigenvalue weighted by Gasteiger charge is 2.13. The average molecular weight is 394 g/mol. The van der Waals surface area contributed by atoms with E-state index in [1.54, 1.807) is 0 Å². The van der Waals surface area contributed by atoms with Gasteiger partial charge in [0.05, 0.1) is 11.2 Å². The van der Waals surface area contributed by atoms with Crippen molar-refractivity contribution < 1.29 is 9.53 Å². The fraction of sp³-hybridized carbons (Fsp3) is 0.0769. The molecular weight excluding hydrogens is 372 g/mol. The molecule has 1 aromatic heterocycles. The van der Waals surface area contributed by atoms with E-state index in [2.05, 4.69) is 4.98 Å². The number of benzene rings is 3. The van der Waals surface area contributed by atoms with E-state index >= 15 is 0 Å². The Morgan fingerprint density at radius 3 is 2.27 bits per heavy atom. The molecule has 2 N–H and O–H groups in total. The van der Waals surface area contributed by atoms with Crippen LogP contribution in [0, 0.1) is 0 Å². The van der Waals surface area contributed by atoms with Gasteiger partial charge < -0.3 is 10.5 Å². The summed E-state index contributed by atoms with van der Waals surface area (Å²) in [4.78, 5) is 16.8. The number of hydrogen-bond donors (Lipinski definition) is 1. The van der Waals surface area contributed by atoms with Crippen molar-refractivity contribution in [2.45, 2.75) is 13.5 Å². The topological polar surface area (TPSA) is 65.2 Å². The lowest BCUT2D eigenvalue weighted by Crippen LogP contribution is -2.14. The SMILES string of the molecule is CC(=C(C(N)=O)c1ccc(OCc2ccc3ccccc3n2)cc1)c1ccccc1. The van der Waals surface area contributed by atoms with Gasteiger partial charge in [-0.15, -0.1) is 0 Å². The monoisotopic (exact) mass is 394 g/mol. The third kappa shape index (κ3) is 4.23. The minimum atomic E-state index is -0.453. The molecule has 0 saturated heterocycles. The number of carbonyl (C=O) groups excluding carboxylic acids is 1. The number of nitrogens with zero attached hydrogens (tertiary/aromatic N) is 1. The Balaban J connectivity index is 1.53. The van der Waals surface area contributed by atoms with E-state index < -0.39 is 5.91 Å². The van der Waals surface area contributed by atoms with Gasteiger partial charge in [-0.2, -0.15) is 0 Å². The highest BCUT2D eigenvalue weighted by molar-refractivity contribution is 6.26. The van der Waals surface area contributed by atoms with Crippen molar-refractivity contribution in [2.75, 3.05) is 0 Å². The first-order valence-corrected chi connectivity index (χ1v) is 9.76. The number of allylic oxidation sites excluding steroid dienone is 1. The Morgan fingerprint density at radius 2 is 1.53 bits per heavy atom. The number of ether oxygens (including phenoxy) is 1. The highest BCUT2D eigenvalue weighted by atomic mass is 16.5. The number of primary amides is 1. The molecule has 3 aromatic carbocycles. The summed E-state index contributed by atoms with van der Waals surface area (Å²) < 4.78 is 5.89. The molecule has 0 fully saturated rings. The lowest BCUT2D eigenvalue weighted by molar-refractivity contribution is -0.112. The van der Waals surface area contributed by atoms with Gasteiger partial charge in [0.1, 0.15) is 12.4 Å². The molecule has 4 heteroatoms. The Kier molecular flexibility index (Phi) is 5.57. The summed E-state index contributed by atoms with van der Waals surface area (Å²) in [6.45, 7) is 2.27. The molecule has 0 aliphatic heterocycles. The van der Waals surface area contributed by atoms with E-state index in [9.17, 15) is 4.79 Å². The van der Waals surface area contributed by atoms with Gasteiger partial charge >= 0.3 is 0 Å². The second-order valence-electron chi connectivity index (χ2n) is 7.04. The van der Waals surface area contributed by atoms with Crippen molar-refractivity contribution in [3.63, 3.8) is 0 Å². The van der Waals surface area contributed by atoms with Crippen molar-refractivity contribution in [1.29, 1.82) is 0 Å². The number of fused-ring (bicyclic) bond motifs is 1. The smallest absolute Gasteiger partial charge is 0.249 e. The molecule has 0 atom stereocenters. The fourth-order valence-electron chi connectivity index (χ4n) is 3.44. The molecule has 4 nitrogen and oxygen atoms in total. The maximum absolute atomic E-state index is 12.1. The largest absolute Gasteiger partial charge is 0.487 e. The molecule has 1 amide bonds. The van der Waals surface area contributed by atoms with Crippen LogP contribution in [0.1, 0.15) is 23.7 Å². The number of nitrogens with two attached hydrogens (primary N) is 1. The quantitative estimate of drug-likeness (QED) is 0.360. The minimum absolute atomic E-state index is 0.367. The van der Waals surface area contributed by atoms with Crippen LogP contribution in [0.4, 0.5) is 0 Å². The third-order valence-electron chi connectivity index (χ3n) is 5.01. The predicted octanol–water partition coefficient (Wildman–Crippen LogP) is 5.23. The van der Waals surface area contributed by atoms with E-state index in [1.807, 2.05) is 97.9 Å². The first-order chi connectivity index (χ1) is 14.6. The Morgan fingerprint density at radius 1 is 0.833 bits per heavy atom. The summed E-state index contributed by atoms with van der Waals surface area (Å²) in [5.41, 5.74) is 10.6. The number of hydrogen-bond acceptors (Lipinski definition) is 3. The molecule has 4 aromatic rings. The summed E-state index contributed by atoms with van der Waals surface area (Å²) in [7, 11) is 0. The van der Waals surface area contributed by atoms with Crippen LogP contribution in [-0.4, -0.2) is 10.9 Å². The zero-order chi connectivity index (χ0) is 20.9. The number of carbonyl (C=O) groups is 1. The summed E-state index contributed by atoms with van der Waals surface area (Å²) in [6.07, 6.45) is 0. The van der Waals surface area contributed by atoms with Gasteiger partial charge in [-0.3, -0.25) is 4.79 Å². The van der Waals surface area contributed by atoms with Crippen LogP contribution < -0.4 is 10.5 Å². The number of amides is 1. The molecular formula is C26H22N2O2. The summed E-state index contributed by atoms with van der Waals surface area (Å²) in [6, 6.07) is 29.2. The molecule has 4 rings (SSSR count). The average Bonchev–Trinajstić information content (AvgIpc) is 2.79. The number of pyridine rings is 1. The highest BCUT2D eigenvalue weighted by Crippen LogP contribution is 2.27. The molecule has 1 heterocycles. The molecule has 0 radical (unpaired) electrons. The number of para-hydroxylation sites is 1. The maximum atomic E-state index is 12.1. The summed E-state index contributed by atoms with van der Waals surface area (Å²) >= 11 is 0. The minimum Gasteiger partial charge on any atom is -0.487 e. The number of aromatic nitrogens is 1. The van der Waals surface area contributed by atoms with Crippen molar-refractivity contribution in [2.24, 2.45) is 5.73 Å².